The highest BCUT2D eigenvalue weighted by Crippen LogP contribution is 2.34. The molecule has 1 atom stereocenters. The first kappa shape index (κ1) is 20.2. The third-order valence-electron chi connectivity index (χ3n) is 5.60. The first-order valence-corrected chi connectivity index (χ1v) is 10.4. The van der Waals surface area contributed by atoms with Gasteiger partial charge < -0.3 is 20.1 Å². The number of nitrogen functional groups attached to an aromatic ring is 1. The fourth-order valence-electron chi connectivity index (χ4n) is 4.10. The lowest BCUT2D eigenvalue weighted by atomic mass is 10.0. The third-order valence-corrected chi connectivity index (χ3v) is 6.06. The number of carbonyl (C=O) groups excluding carboxylic acids is 1. The molecular formula is C21H17BrF2N4O3. The Kier molecular flexibility index (Phi) is 5.07. The molecule has 2 N–H and O–H groups in total. The van der Waals surface area contributed by atoms with Gasteiger partial charge >= 0.3 is 0 Å². The number of carbonyl (C=O) groups is 1. The molecule has 0 spiro atoms. The van der Waals surface area contributed by atoms with E-state index in [1.807, 2.05) is 0 Å². The second kappa shape index (κ2) is 7.77. The van der Waals surface area contributed by atoms with E-state index >= 15 is 0 Å². The highest BCUT2D eigenvalue weighted by molar-refractivity contribution is 9.10. The molecule has 1 saturated heterocycles. The van der Waals surface area contributed by atoms with Gasteiger partial charge in [0.15, 0.2) is 0 Å². The molecule has 1 aromatic carbocycles. The molecule has 160 valence electrons. The molecule has 7 nitrogen and oxygen atoms in total. The van der Waals surface area contributed by atoms with Gasteiger partial charge in [-0.15, -0.1) is 0 Å². The molecule has 2 aliphatic heterocycles. The number of hydrogen-bond acceptors (Lipinski definition) is 6. The van der Waals surface area contributed by atoms with E-state index in [1.165, 1.54) is 23.2 Å². The zero-order valence-corrected chi connectivity index (χ0v) is 17.8. The van der Waals surface area contributed by atoms with Crippen LogP contribution >= 0.6 is 15.9 Å². The summed E-state index contributed by atoms with van der Waals surface area (Å²) in [5, 5.41) is 0.728. The Morgan fingerprint density at radius 2 is 1.90 bits per heavy atom. The van der Waals surface area contributed by atoms with Crippen molar-refractivity contribution in [2.24, 2.45) is 0 Å². The van der Waals surface area contributed by atoms with Crippen molar-refractivity contribution in [3.63, 3.8) is 0 Å². The maximum Gasteiger partial charge on any atom is 0.273 e. The Hall–Kier alpha value is -2.69. The summed E-state index contributed by atoms with van der Waals surface area (Å²) in [5.41, 5.74) is 8.18. The van der Waals surface area contributed by atoms with Crippen LogP contribution in [0.4, 0.5) is 14.6 Å². The van der Waals surface area contributed by atoms with Crippen molar-refractivity contribution >= 4 is 38.6 Å². The SMILES string of the molecule is Nc1nc2cnc(C(=O)N3CCOCC3c3c(F)cc(Br)cc3F)cc2c2c1COC2. The third kappa shape index (κ3) is 3.44. The van der Waals surface area contributed by atoms with Gasteiger partial charge in [-0.3, -0.25) is 4.79 Å². The Morgan fingerprint density at radius 1 is 1.16 bits per heavy atom. The van der Waals surface area contributed by atoms with Crippen LogP contribution in [0.15, 0.2) is 28.9 Å². The summed E-state index contributed by atoms with van der Waals surface area (Å²) < 4.78 is 40.4. The Labute approximate surface area is 184 Å². The van der Waals surface area contributed by atoms with Crippen molar-refractivity contribution in [2.45, 2.75) is 19.3 Å². The Bertz CT molecular complexity index is 1200. The maximum atomic E-state index is 14.6. The van der Waals surface area contributed by atoms with Crippen LogP contribution < -0.4 is 5.73 Å². The van der Waals surface area contributed by atoms with Crippen molar-refractivity contribution in [3.8, 4) is 0 Å². The predicted molar refractivity (Wildman–Crippen MR) is 111 cm³/mol. The van der Waals surface area contributed by atoms with Crippen LogP contribution in [0, 0.1) is 11.6 Å². The monoisotopic (exact) mass is 490 g/mol. The molecule has 31 heavy (non-hydrogen) atoms. The van der Waals surface area contributed by atoms with Gasteiger partial charge in [-0.25, -0.2) is 18.7 Å². The molecule has 1 unspecified atom stereocenters. The Balaban J connectivity index is 1.56. The van der Waals surface area contributed by atoms with Gasteiger partial charge in [-0.1, -0.05) is 15.9 Å². The number of pyridine rings is 2. The maximum absolute atomic E-state index is 14.6. The number of ether oxygens (including phenoxy) is 2. The number of benzene rings is 1. The molecule has 4 heterocycles. The largest absolute Gasteiger partial charge is 0.383 e. The van der Waals surface area contributed by atoms with Gasteiger partial charge in [0.1, 0.15) is 23.1 Å². The zero-order valence-electron chi connectivity index (χ0n) is 16.2. The molecule has 0 aliphatic carbocycles. The van der Waals surface area contributed by atoms with Gasteiger partial charge in [-0.05, 0) is 23.8 Å². The minimum Gasteiger partial charge on any atom is -0.383 e. The number of fused-ring (bicyclic) bond motifs is 3. The fraction of sp³-hybridized carbons (Fsp3) is 0.286. The van der Waals surface area contributed by atoms with E-state index < -0.39 is 23.6 Å². The van der Waals surface area contributed by atoms with Crippen molar-refractivity contribution in [3.05, 3.63) is 62.9 Å². The number of morpholine rings is 1. The van der Waals surface area contributed by atoms with Crippen LogP contribution in [0.3, 0.4) is 0 Å². The molecule has 10 heteroatoms. The highest BCUT2D eigenvalue weighted by atomic mass is 79.9. The molecule has 1 amide bonds. The lowest BCUT2D eigenvalue weighted by molar-refractivity contribution is -0.00494. The molecule has 3 aromatic rings. The van der Waals surface area contributed by atoms with Crippen LogP contribution in [0.2, 0.25) is 0 Å². The van der Waals surface area contributed by atoms with Crippen LogP contribution in [0.1, 0.15) is 33.2 Å². The summed E-state index contributed by atoms with van der Waals surface area (Å²) in [6.45, 7) is 1.15. The molecule has 0 radical (unpaired) electrons. The van der Waals surface area contributed by atoms with Gasteiger partial charge in [0.25, 0.3) is 5.91 Å². The normalized spacial score (nSPS) is 18.4. The minimum atomic E-state index is -0.912. The molecular weight excluding hydrogens is 474 g/mol. The van der Waals surface area contributed by atoms with E-state index in [2.05, 4.69) is 25.9 Å². The number of amides is 1. The van der Waals surface area contributed by atoms with Crippen molar-refractivity contribution < 1.29 is 23.0 Å². The number of nitrogens with two attached hydrogens (primary N) is 1. The highest BCUT2D eigenvalue weighted by Gasteiger charge is 2.34. The van der Waals surface area contributed by atoms with Crippen molar-refractivity contribution in [1.29, 1.82) is 0 Å². The zero-order chi connectivity index (χ0) is 21.7. The topological polar surface area (TPSA) is 90.6 Å². The first-order valence-electron chi connectivity index (χ1n) is 9.62. The number of hydrogen-bond donors (Lipinski definition) is 1. The Morgan fingerprint density at radius 3 is 2.68 bits per heavy atom. The number of halogens is 3. The second-order valence-corrected chi connectivity index (χ2v) is 8.32. The summed E-state index contributed by atoms with van der Waals surface area (Å²) in [5.74, 6) is -1.56. The standard InChI is InChI=1S/C21H17BrF2N4O3/c22-10-3-14(23)19(15(24)4-10)18-9-30-2-1-28(18)21(29)16-5-11-12-7-31-8-13(12)20(25)27-17(11)6-26-16/h3-6,18H,1-2,7-9H2,(H2,25,27). The smallest absolute Gasteiger partial charge is 0.273 e. The predicted octanol–water partition coefficient (Wildman–Crippen LogP) is 3.50. The van der Waals surface area contributed by atoms with Crippen LogP contribution in [0.25, 0.3) is 10.9 Å². The summed E-state index contributed by atoms with van der Waals surface area (Å²) >= 11 is 3.08. The molecule has 5 rings (SSSR count). The first-order chi connectivity index (χ1) is 14.9. The molecule has 0 bridgehead atoms. The lowest BCUT2D eigenvalue weighted by Gasteiger charge is -2.36. The second-order valence-electron chi connectivity index (χ2n) is 7.41. The molecule has 2 aliphatic rings. The average molecular weight is 491 g/mol. The number of anilines is 1. The molecule has 1 fully saturated rings. The minimum absolute atomic E-state index is 0.0177. The van der Waals surface area contributed by atoms with Crippen LogP contribution in [0.5, 0.6) is 0 Å². The van der Waals surface area contributed by atoms with E-state index in [-0.39, 0.29) is 35.5 Å². The van der Waals surface area contributed by atoms with Crippen molar-refractivity contribution in [2.75, 3.05) is 25.5 Å². The van der Waals surface area contributed by atoms with Gasteiger partial charge in [0.2, 0.25) is 0 Å². The number of aromatic nitrogens is 2. The number of rotatable bonds is 2. The molecule has 2 aromatic heterocycles. The van der Waals surface area contributed by atoms with Gasteiger partial charge in [0, 0.05) is 27.5 Å². The van der Waals surface area contributed by atoms with Crippen LogP contribution in [-0.2, 0) is 22.7 Å². The van der Waals surface area contributed by atoms with E-state index in [1.54, 1.807) is 6.07 Å². The quantitative estimate of drug-likeness (QED) is 0.591. The molecule has 0 saturated carbocycles. The lowest BCUT2D eigenvalue weighted by Crippen LogP contribution is -2.44. The summed E-state index contributed by atoms with van der Waals surface area (Å²) in [4.78, 5) is 23.3. The van der Waals surface area contributed by atoms with Crippen LogP contribution in [-0.4, -0.2) is 40.5 Å². The van der Waals surface area contributed by atoms with Crippen molar-refractivity contribution in [1.82, 2.24) is 14.9 Å². The van der Waals surface area contributed by atoms with E-state index in [0.717, 1.165) is 16.5 Å². The van der Waals surface area contributed by atoms with Gasteiger partial charge in [0.05, 0.1) is 44.2 Å². The average Bonchev–Trinajstić information content (AvgIpc) is 3.24. The summed E-state index contributed by atoms with van der Waals surface area (Å²) in [6.07, 6.45) is 1.48. The van der Waals surface area contributed by atoms with E-state index in [0.29, 0.717) is 24.5 Å². The fourth-order valence-corrected chi connectivity index (χ4v) is 4.50. The van der Waals surface area contributed by atoms with Gasteiger partial charge in [-0.2, -0.15) is 0 Å². The summed E-state index contributed by atoms with van der Waals surface area (Å²) in [6, 6.07) is 3.07. The van der Waals surface area contributed by atoms with E-state index in [9.17, 15) is 13.6 Å². The van der Waals surface area contributed by atoms with E-state index in [4.69, 9.17) is 15.2 Å². The number of nitrogens with zero attached hydrogens (tertiary/aromatic N) is 3. The summed E-state index contributed by atoms with van der Waals surface area (Å²) in [7, 11) is 0.